The van der Waals surface area contributed by atoms with E-state index in [0.717, 1.165) is 31.4 Å². The summed E-state index contributed by atoms with van der Waals surface area (Å²) < 4.78 is 10.4. The van der Waals surface area contributed by atoms with Crippen molar-refractivity contribution in [3.8, 4) is 11.7 Å². The average molecular weight is 262 g/mol. The van der Waals surface area contributed by atoms with Gasteiger partial charge in [-0.2, -0.15) is 4.98 Å². The first-order valence-corrected chi connectivity index (χ1v) is 6.74. The van der Waals surface area contributed by atoms with Gasteiger partial charge in [-0.25, -0.2) is 0 Å². The molecule has 2 aromatic rings. The van der Waals surface area contributed by atoms with Gasteiger partial charge >= 0.3 is 0 Å². The van der Waals surface area contributed by atoms with Gasteiger partial charge in [-0.05, 0) is 19.8 Å². The zero-order valence-electron chi connectivity index (χ0n) is 11.1. The van der Waals surface area contributed by atoms with Crippen LogP contribution in [0.25, 0.3) is 11.7 Å². The summed E-state index contributed by atoms with van der Waals surface area (Å²) in [5.74, 6) is 1.43. The Bertz CT molecular complexity index is 552. The van der Waals surface area contributed by atoms with Crippen molar-refractivity contribution in [2.75, 3.05) is 0 Å². The standard InChI is InChI=1S/C13H18N4O2/c1-9-8-10(18-16-9)11-15-12(17-19-11)13(14)6-4-2-3-5-7-13/h8H,2-7,14H2,1H3. The van der Waals surface area contributed by atoms with Gasteiger partial charge in [0.15, 0.2) is 5.82 Å². The number of nitrogens with two attached hydrogens (primary N) is 1. The van der Waals surface area contributed by atoms with Crippen LogP contribution in [0.1, 0.15) is 50.0 Å². The second-order valence-electron chi connectivity index (χ2n) is 5.33. The molecule has 1 aliphatic carbocycles. The Balaban J connectivity index is 1.87. The summed E-state index contributed by atoms with van der Waals surface area (Å²) in [6.45, 7) is 1.85. The van der Waals surface area contributed by atoms with Crippen LogP contribution in [-0.4, -0.2) is 15.3 Å². The Morgan fingerprint density at radius 1 is 1.11 bits per heavy atom. The minimum Gasteiger partial charge on any atom is -0.351 e. The van der Waals surface area contributed by atoms with Crippen LogP contribution in [0.4, 0.5) is 0 Å². The summed E-state index contributed by atoms with van der Waals surface area (Å²) in [6, 6.07) is 1.77. The molecule has 0 unspecified atom stereocenters. The Kier molecular flexibility index (Phi) is 3.10. The summed E-state index contributed by atoms with van der Waals surface area (Å²) in [6.07, 6.45) is 6.49. The topological polar surface area (TPSA) is 91.0 Å². The van der Waals surface area contributed by atoms with Crippen molar-refractivity contribution in [2.24, 2.45) is 5.73 Å². The van der Waals surface area contributed by atoms with E-state index in [0.29, 0.717) is 17.5 Å². The smallest absolute Gasteiger partial charge is 0.296 e. The van der Waals surface area contributed by atoms with E-state index in [4.69, 9.17) is 14.8 Å². The average Bonchev–Trinajstić information content (AvgIpc) is 2.97. The Labute approximate surface area is 111 Å². The largest absolute Gasteiger partial charge is 0.351 e. The molecule has 0 spiro atoms. The predicted molar refractivity (Wildman–Crippen MR) is 68.1 cm³/mol. The molecule has 0 aliphatic heterocycles. The lowest BCUT2D eigenvalue weighted by atomic mass is 9.91. The minimum atomic E-state index is -0.465. The highest BCUT2D eigenvalue weighted by Gasteiger charge is 2.33. The molecule has 102 valence electrons. The molecule has 0 radical (unpaired) electrons. The van der Waals surface area contributed by atoms with E-state index in [-0.39, 0.29) is 0 Å². The first-order valence-electron chi connectivity index (χ1n) is 6.74. The van der Waals surface area contributed by atoms with Crippen molar-refractivity contribution in [3.63, 3.8) is 0 Å². The molecule has 2 heterocycles. The van der Waals surface area contributed by atoms with Gasteiger partial charge in [0, 0.05) is 6.07 Å². The molecule has 2 N–H and O–H groups in total. The highest BCUT2D eigenvalue weighted by molar-refractivity contribution is 5.43. The lowest BCUT2D eigenvalue weighted by molar-refractivity contribution is 0.331. The van der Waals surface area contributed by atoms with Crippen molar-refractivity contribution >= 4 is 0 Å². The van der Waals surface area contributed by atoms with Gasteiger partial charge in [0.05, 0.1) is 11.2 Å². The van der Waals surface area contributed by atoms with Crippen molar-refractivity contribution in [1.29, 1.82) is 0 Å². The number of hydrogen-bond acceptors (Lipinski definition) is 6. The number of nitrogens with zero attached hydrogens (tertiary/aromatic N) is 3. The van der Waals surface area contributed by atoms with Gasteiger partial charge in [0.2, 0.25) is 5.76 Å². The van der Waals surface area contributed by atoms with Crippen LogP contribution in [0, 0.1) is 6.92 Å². The first kappa shape index (κ1) is 12.3. The fourth-order valence-corrected chi connectivity index (χ4v) is 2.57. The summed E-state index contributed by atoms with van der Waals surface area (Å²) in [7, 11) is 0. The maximum absolute atomic E-state index is 6.45. The summed E-state index contributed by atoms with van der Waals surface area (Å²) in [5.41, 5.74) is 6.76. The number of rotatable bonds is 2. The third-order valence-corrected chi connectivity index (χ3v) is 3.71. The maximum Gasteiger partial charge on any atom is 0.296 e. The van der Waals surface area contributed by atoms with E-state index < -0.39 is 5.54 Å². The zero-order valence-corrected chi connectivity index (χ0v) is 11.1. The third-order valence-electron chi connectivity index (χ3n) is 3.71. The van der Waals surface area contributed by atoms with E-state index in [1.807, 2.05) is 6.92 Å². The van der Waals surface area contributed by atoms with Crippen LogP contribution >= 0.6 is 0 Å². The van der Waals surface area contributed by atoms with Gasteiger partial charge in [0.25, 0.3) is 5.89 Å². The molecule has 6 heteroatoms. The molecule has 1 saturated carbocycles. The monoisotopic (exact) mass is 262 g/mol. The van der Waals surface area contributed by atoms with Crippen LogP contribution in [0.3, 0.4) is 0 Å². The molecule has 1 fully saturated rings. The molecule has 0 bridgehead atoms. The van der Waals surface area contributed by atoms with Crippen molar-refractivity contribution in [3.05, 3.63) is 17.6 Å². The lowest BCUT2D eigenvalue weighted by Crippen LogP contribution is -2.37. The predicted octanol–water partition coefficient (Wildman–Crippen LogP) is 2.54. The Morgan fingerprint density at radius 3 is 2.47 bits per heavy atom. The molecule has 0 amide bonds. The van der Waals surface area contributed by atoms with Crippen LogP contribution < -0.4 is 5.73 Å². The lowest BCUT2D eigenvalue weighted by Gasteiger charge is -2.23. The molecule has 1 aliphatic rings. The van der Waals surface area contributed by atoms with Gasteiger partial charge in [0.1, 0.15) is 0 Å². The van der Waals surface area contributed by atoms with Crippen molar-refractivity contribution in [2.45, 2.75) is 51.0 Å². The third kappa shape index (κ3) is 2.40. The number of aryl methyl sites for hydroxylation is 1. The van der Waals surface area contributed by atoms with Gasteiger partial charge < -0.3 is 14.8 Å². The normalized spacial score (nSPS) is 19.3. The van der Waals surface area contributed by atoms with Crippen molar-refractivity contribution in [1.82, 2.24) is 15.3 Å². The second-order valence-corrected chi connectivity index (χ2v) is 5.33. The van der Waals surface area contributed by atoms with Gasteiger partial charge in [-0.1, -0.05) is 36.0 Å². The maximum atomic E-state index is 6.45. The fraction of sp³-hybridized carbons (Fsp3) is 0.615. The van der Waals surface area contributed by atoms with E-state index in [9.17, 15) is 0 Å². The van der Waals surface area contributed by atoms with Crippen LogP contribution in [0.15, 0.2) is 15.1 Å². The highest BCUT2D eigenvalue weighted by Crippen LogP contribution is 2.33. The highest BCUT2D eigenvalue weighted by atomic mass is 16.5. The molecular formula is C13H18N4O2. The number of hydrogen-bond donors (Lipinski definition) is 1. The minimum absolute atomic E-state index is 0.352. The van der Waals surface area contributed by atoms with E-state index in [2.05, 4.69) is 15.3 Å². The SMILES string of the molecule is Cc1cc(-c2nc(C3(N)CCCCCC3)no2)on1. The first-order chi connectivity index (χ1) is 9.17. The van der Waals surface area contributed by atoms with Crippen LogP contribution in [-0.2, 0) is 5.54 Å². The molecule has 0 atom stereocenters. The van der Waals surface area contributed by atoms with E-state index in [1.165, 1.54) is 12.8 Å². The molecular weight excluding hydrogens is 244 g/mol. The molecule has 0 saturated heterocycles. The second kappa shape index (κ2) is 4.77. The van der Waals surface area contributed by atoms with Crippen LogP contribution in [0.5, 0.6) is 0 Å². The molecule has 3 rings (SSSR count). The quantitative estimate of drug-likeness (QED) is 0.836. The molecule has 19 heavy (non-hydrogen) atoms. The molecule has 6 nitrogen and oxygen atoms in total. The summed E-state index contributed by atoms with van der Waals surface area (Å²) >= 11 is 0. The van der Waals surface area contributed by atoms with Gasteiger partial charge in [-0.3, -0.25) is 0 Å². The fourth-order valence-electron chi connectivity index (χ4n) is 2.57. The number of aromatic nitrogens is 3. The van der Waals surface area contributed by atoms with E-state index >= 15 is 0 Å². The van der Waals surface area contributed by atoms with Crippen molar-refractivity contribution < 1.29 is 9.05 Å². The molecule has 0 aromatic carbocycles. The van der Waals surface area contributed by atoms with E-state index in [1.54, 1.807) is 6.07 Å². The van der Waals surface area contributed by atoms with Gasteiger partial charge in [-0.15, -0.1) is 0 Å². The summed E-state index contributed by atoms with van der Waals surface area (Å²) in [5, 5.41) is 7.85. The zero-order chi connectivity index (χ0) is 13.3. The Morgan fingerprint density at radius 2 is 1.84 bits per heavy atom. The Hall–Kier alpha value is -1.69. The summed E-state index contributed by atoms with van der Waals surface area (Å²) in [4.78, 5) is 4.39. The molecule has 2 aromatic heterocycles. The van der Waals surface area contributed by atoms with Crippen LogP contribution in [0.2, 0.25) is 0 Å².